The largest absolute Gasteiger partial charge is 0.692 e. The van der Waals surface area contributed by atoms with Crippen molar-refractivity contribution in [2.24, 2.45) is 16.7 Å². The normalized spacial score (nSPS) is 11.7. The third-order valence-corrected chi connectivity index (χ3v) is 2.02. The fraction of sp³-hybridized carbons (Fsp3) is 0.125. The maximum absolute atomic E-state index is 11.1. The Morgan fingerprint density at radius 2 is 2.47 bits per heavy atom. The highest BCUT2D eigenvalue weighted by atomic mass is 16.5. The Morgan fingerprint density at radius 1 is 1.65 bits per heavy atom. The molecule has 0 saturated carbocycles. The number of hydrogen-bond donors (Lipinski definition) is 4. The molecule has 2 rings (SSSR count). The molecule has 0 fully saturated rings. The summed E-state index contributed by atoms with van der Waals surface area (Å²) in [5.74, 6) is 5.68. The number of hydrazine groups is 1. The van der Waals surface area contributed by atoms with E-state index in [0.29, 0.717) is 21.6 Å². The van der Waals surface area contributed by atoms with Crippen molar-refractivity contribution in [1.29, 1.82) is 0 Å². The molecular formula is C8H11N7O2. The lowest BCUT2D eigenvalue weighted by atomic mass is 10.3. The first-order chi connectivity index (χ1) is 8.20. The van der Waals surface area contributed by atoms with Gasteiger partial charge >= 0.3 is 0 Å². The summed E-state index contributed by atoms with van der Waals surface area (Å²) < 4.78 is 5.32. The molecular weight excluding hydrogens is 226 g/mol. The van der Waals surface area contributed by atoms with Gasteiger partial charge in [-0.2, -0.15) is 4.85 Å². The monoisotopic (exact) mass is 237 g/mol. The number of hydrazone groups is 1. The number of benzene rings is 1. The van der Waals surface area contributed by atoms with Gasteiger partial charge in [0, 0.05) is 11.2 Å². The van der Waals surface area contributed by atoms with E-state index in [9.17, 15) is 5.21 Å². The second-order valence-electron chi connectivity index (χ2n) is 3.18. The average molecular weight is 237 g/mol. The SMILES string of the molecule is NN/N=C(\N)COc1ccc2c(c1)n[nH][n+]2[O-]. The summed E-state index contributed by atoms with van der Waals surface area (Å²) in [6.45, 7) is 0.0809. The van der Waals surface area contributed by atoms with E-state index in [4.69, 9.17) is 16.3 Å². The molecule has 9 heteroatoms. The second-order valence-corrected chi connectivity index (χ2v) is 3.18. The third-order valence-electron chi connectivity index (χ3n) is 2.02. The van der Waals surface area contributed by atoms with Crippen LogP contribution in [-0.4, -0.2) is 22.8 Å². The van der Waals surface area contributed by atoms with Crippen LogP contribution in [0, 0.1) is 5.21 Å². The first-order valence-electron chi connectivity index (χ1n) is 4.69. The van der Waals surface area contributed by atoms with Crippen LogP contribution >= 0.6 is 0 Å². The topological polar surface area (TPSA) is 141 Å². The number of H-pyrrole nitrogens is 1. The van der Waals surface area contributed by atoms with Gasteiger partial charge in [0.25, 0.3) is 5.52 Å². The second kappa shape index (κ2) is 4.53. The minimum absolute atomic E-state index is 0.0809. The van der Waals surface area contributed by atoms with Crippen LogP contribution in [0.15, 0.2) is 23.3 Å². The van der Waals surface area contributed by atoms with Crippen molar-refractivity contribution in [3.63, 3.8) is 0 Å². The highest BCUT2D eigenvalue weighted by molar-refractivity contribution is 5.81. The van der Waals surface area contributed by atoms with Crippen LogP contribution in [0.2, 0.25) is 0 Å². The van der Waals surface area contributed by atoms with Crippen molar-refractivity contribution >= 4 is 16.9 Å². The minimum atomic E-state index is 0.0809. The summed E-state index contributed by atoms with van der Waals surface area (Å²) in [6.07, 6.45) is 0. The van der Waals surface area contributed by atoms with Gasteiger partial charge in [0.2, 0.25) is 5.52 Å². The Morgan fingerprint density at radius 3 is 3.24 bits per heavy atom. The molecule has 90 valence electrons. The van der Waals surface area contributed by atoms with E-state index in [0.717, 1.165) is 0 Å². The van der Waals surface area contributed by atoms with Crippen molar-refractivity contribution in [2.45, 2.75) is 0 Å². The Labute approximate surface area is 95.6 Å². The van der Waals surface area contributed by atoms with E-state index in [1.54, 1.807) is 18.2 Å². The lowest BCUT2D eigenvalue weighted by Gasteiger charge is -2.04. The molecule has 2 aromatic rings. The summed E-state index contributed by atoms with van der Waals surface area (Å²) in [6, 6.07) is 4.84. The summed E-state index contributed by atoms with van der Waals surface area (Å²) in [5, 5.41) is 20.7. The maximum Gasteiger partial charge on any atom is 0.253 e. The zero-order chi connectivity index (χ0) is 12.3. The predicted molar refractivity (Wildman–Crippen MR) is 59.5 cm³/mol. The Bertz CT molecular complexity index is 550. The van der Waals surface area contributed by atoms with Crippen molar-refractivity contribution < 1.29 is 9.58 Å². The molecule has 0 spiro atoms. The molecule has 6 N–H and O–H groups in total. The molecule has 0 amide bonds. The van der Waals surface area contributed by atoms with Crippen LogP contribution in [0.5, 0.6) is 5.75 Å². The van der Waals surface area contributed by atoms with E-state index in [1.165, 1.54) is 0 Å². The van der Waals surface area contributed by atoms with Crippen molar-refractivity contribution in [1.82, 2.24) is 15.8 Å². The molecule has 0 aliphatic carbocycles. The minimum Gasteiger partial charge on any atom is -0.692 e. The Balaban J connectivity index is 2.12. The van der Waals surface area contributed by atoms with Gasteiger partial charge in [-0.3, -0.25) is 0 Å². The molecule has 0 saturated heterocycles. The van der Waals surface area contributed by atoms with Gasteiger partial charge in [-0.25, -0.2) is 11.4 Å². The number of nitrogens with two attached hydrogens (primary N) is 2. The smallest absolute Gasteiger partial charge is 0.253 e. The molecule has 0 unspecified atom stereocenters. The number of ether oxygens (including phenoxy) is 1. The van der Waals surface area contributed by atoms with E-state index in [1.807, 2.05) is 0 Å². The fourth-order valence-corrected chi connectivity index (χ4v) is 1.28. The summed E-state index contributed by atoms with van der Waals surface area (Å²) in [7, 11) is 0. The predicted octanol–water partition coefficient (Wildman–Crippen LogP) is -1.69. The summed E-state index contributed by atoms with van der Waals surface area (Å²) >= 11 is 0. The van der Waals surface area contributed by atoms with Crippen molar-refractivity contribution in [2.75, 3.05) is 6.61 Å². The number of aromatic nitrogens is 3. The number of hydrogen-bond acceptors (Lipinski definition) is 6. The molecule has 0 aliphatic heterocycles. The lowest BCUT2D eigenvalue weighted by molar-refractivity contribution is -0.644. The number of nitrogens with one attached hydrogen (secondary N) is 2. The number of amidine groups is 1. The summed E-state index contributed by atoms with van der Waals surface area (Å²) in [4.78, 5) is 0.563. The average Bonchev–Trinajstić information content (AvgIpc) is 2.69. The van der Waals surface area contributed by atoms with E-state index < -0.39 is 0 Å². The van der Waals surface area contributed by atoms with Gasteiger partial charge in [-0.05, 0) is 12.1 Å². The number of nitrogens with zero attached hydrogens (tertiary/aromatic N) is 3. The molecule has 0 radical (unpaired) electrons. The zero-order valence-corrected chi connectivity index (χ0v) is 8.75. The van der Waals surface area contributed by atoms with Gasteiger partial charge in [0.15, 0.2) is 5.84 Å². The van der Waals surface area contributed by atoms with Gasteiger partial charge in [0.05, 0.1) is 0 Å². The van der Waals surface area contributed by atoms with Gasteiger partial charge in [-0.1, -0.05) is 5.21 Å². The molecule has 1 aromatic carbocycles. The van der Waals surface area contributed by atoms with Gasteiger partial charge in [0.1, 0.15) is 12.4 Å². The van der Waals surface area contributed by atoms with Crippen LogP contribution in [-0.2, 0) is 0 Å². The van der Waals surface area contributed by atoms with Crippen molar-refractivity contribution in [3.8, 4) is 5.75 Å². The van der Waals surface area contributed by atoms with Crippen LogP contribution in [0.3, 0.4) is 0 Å². The Hall–Kier alpha value is -2.55. The fourth-order valence-electron chi connectivity index (χ4n) is 1.28. The standard InChI is InChI=1S/C8H11N7O2/c9-8(12-13-10)4-17-5-1-2-7-6(3-5)11-14-15(7)16/h1-3,13-14H,4,10H2,(H2,9,12). The highest BCUT2D eigenvalue weighted by Crippen LogP contribution is 2.15. The Kier molecular flexibility index (Phi) is 2.92. The van der Waals surface area contributed by atoms with Crippen LogP contribution in [0.4, 0.5) is 0 Å². The van der Waals surface area contributed by atoms with Crippen LogP contribution < -0.4 is 26.7 Å². The van der Waals surface area contributed by atoms with E-state index in [-0.39, 0.29) is 12.4 Å². The number of fused-ring (bicyclic) bond motifs is 1. The molecule has 1 heterocycles. The van der Waals surface area contributed by atoms with E-state index in [2.05, 4.69) is 20.9 Å². The highest BCUT2D eigenvalue weighted by Gasteiger charge is 2.09. The molecule has 1 aromatic heterocycles. The lowest BCUT2D eigenvalue weighted by Crippen LogP contribution is -2.28. The summed E-state index contributed by atoms with van der Waals surface area (Å²) in [5.41, 5.74) is 8.45. The number of rotatable bonds is 4. The molecule has 0 bridgehead atoms. The number of aromatic amines is 1. The third kappa shape index (κ3) is 2.34. The zero-order valence-electron chi connectivity index (χ0n) is 8.75. The van der Waals surface area contributed by atoms with Crippen LogP contribution in [0.1, 0.15) is 0 Å². The molecule has 0 atom stereocenters. The van der Waals surface area contributed by atoms with E-state index >= 15 is 0 Å². The maximum atomic E-state index is 11.1. The molecule has 17 heavy (non-hydrogen) atoms. The quantitative estimate of drug-likeness (QED) is 0.125. The van der Waals surface area contributed by atoms with Crippen LogP contribution in [0.25, 0.3) is 11.0 Å². The molecule has 0 aliphatic rings. The van der Waals surface area contributed by atoms with Gasteiger partial charge < -0.3 is 15.7 Å². The first kappa shape index (κ1) is 11.0. The first-order valence-corrected chi connectivity index (χ1v) is 4.69. The molecule has 9 nitrogen and oxygen atoms in total. The van der Waals surface area contributed by atoms with Gasteiger partial charge in [-0.15, -0.1) is 5.10 Å². The van der Waals surface area contributed by atoms with Crippen molar-refractivity contribution in [3.05, 3.63) is 23.4 Å².